The Labute approximate surface area is 113 Å². The Hall–Kier alpha value is -1.10. The van der Waals surface area contributed by atoms with Gasteiger partial charge in [-0.15, -0.1) is 0 Å². The second kappa shape index (κ2) is 6.37. The molecule has 1 saturated carbocycles. The minimum absolute atomic E-state index is 0.0211. The molecule has 1 aliphatic heterocycles. The van der Waals surface area contributed by atoms with E-state index in [-0.39, 0.29) is 23.7 Å². The fraction of sp³-hybridized carbons (Fsp3) is 0.857. The minimum Gasteiger partial charge on any atom is -0.481 e. The van der Waals surface area contributed by atoms with Gasteiger partial charge in [0.25, 0.3) is 0 Å². The van der Waals surface area contributed by atoms with E-state index in [1.54, 1.807) is 0 Å². The summed E-state index contributed by atoms with van der Waals surface area (Å²) in [5.74, 6) is -0.793. The number of carbonyl (C=O) groups is 2. The summed E-state index contributed by atoms with van der Waals surface area (Å²) in [5.41, 5.74) is -0.237. The SMILES string of the molecule is O=C(O)CC1(CNC(=O)C2CCOC2)CCCCC1. The first-order chi connectivity index (χ1) is 9.11. The maximum atomic E-state index is 12.0. The molecule has 0 radical (unpaired) electrons. The van der Waals surface area contributed by atoms with Gasteiger partial charge in [0.2, 0.25) is 5.91 Å². The molecule has 1 aliphatic carbocycles. The maximum absolute atomic E-state index is 12.0. The van der Waals surface area contributed by atoms with Crippen LogP contribution in [-0.2, 0) is 14.3 Å². The van der Waals surface area contributed by atoms with Gasteiger partial charge in [-0.2, -0.15) is 0 Å². The fourth-order valence-electron chi connectivity index (χ4n) is 3.20. The largest absolute Gasteiger partial charge is 0.481 e. The summed E-state index contributed by atoms with van der Waals surface area (Å²) in [6.07, 6.45) is 6.05. The highest BCUT2D eigenvalue weighted by Crippen LogP contribution is 2.38. The molecule has 1 unspecified atom stereocenters. The first-order valence-corrected chi connectivity index (χ1v) is 7.19. The zero-order chi connectivity index (χ0) is 13.7. The number of rotatable bonds is 5. The molecule has 0 aromatic rings. The van der Waals surface area contributed by atoms with Crippen molar-refractivity contribution < 1.29 is 19.4 Å². The third-order valence-corrected chi connectivity index (χ3v) is 4.38. The topological polar surface area (TPSA) is 75.6 Å². The molecule has 1 amide bonds. The van der Waals surface area contributed by atoms with Crippen LogP contribution >= 0.6 is 0 Å². The van der Waals surface area contributed by atoms with E-state index in [1.807, 2.05) is 0 Å². The normalized spacial score (nSPS) is 26.0. The lowest BCUT2D eigenvalue weighted by Gasteiger charge is -2.36. The second-order valence-corrected chi connectivity index (χ2v) is 5.91. The van der Waals surface area contributed by atoms with Gasteiger partial charge in [-0.05, 0) is 24.7 Å². The smallest absolute Gasteiger partial charge is 0.303 e. The zero-order valence-corrected chi connectivity index (χ0v) is 11.3. The van der Waals surface area contributed by atoms with Crippen LogP contribution in [0.3, 0.4) is 0 Å². The summed E-state index contributed by atoms with van der Waals surface area (Å²) < 4.78 is 5.20. The van der Waals surface area contributed by atoms with Gasteiger partial charge >= 0.3 is 5.97 Å². The monoisotopic (exact) mass is 269 g/mol. The van der Waals surface area contributed by atoms with E-state index < -0.39 is 5.97 Å². The number of hydrogen-bond donors (Lipinski definition) is 2. The molecule has 0 aromatic heterocycles. The van der Waals surface area contributed by atoms with Crippen molar-refractivity contribution >= 4 is 11.9 Å². The maximum Gasteiger partial charge on any atom is 0.303 e. The Bertz CT molecular complexity index is 330. The number of carbonyl (C=O) groups excluding carboxylic acids is 1. The first-order valence-electron chi connectivity index (χ1n) is 7.19. The minimum atomic E-state index is -0.764. The first kappa shape index (κ1) is 14.3. The van der Waals surface area contributed by atoms with Gasteiger partial charge in [0.05, 0.1) is 18.9 Å². The molecule has 0 bridgehead atoms. The van der Waals surface area contributed by atoms with E-state index in [2.05, 4.69) is 5.32 Å². The van der Waals surface area contributed by atoms with Crippen LogP contribution in [0.15, 0.2) is 0 Å². The van der Waals surface area contributed by atoms with E-state index in [4.69, 9.17) is 9.84 Å². The van der Waals surface area contributed by atoms with Crippen molar-refractivity contribution in [1.29, 1.82) is 0 Å². The van der Waals surface area contributed by atoms with Crippen LogP contribution in [0.25, 0.3) is 0 Å². The van der Waals surface area contributed by atoms with Crippen LogP contribution in [0, 0.1) is 11.3 Å². The lowest BCUT2D eigenvalue weighted by atomic mass is 9.71. The molecule has 1 saturated heterocycles. The van der Waals surface area contributed by atoms with Gasteiger partial charge in [0.15, 0.2) is 0 Å². The van der Waals surface area contributed by atoms with Gasteiger partial charge in [0, 0.05) is 13.2 Å². The third kappa shape index (κ3) is 3.93. The summed E-state index contributed by atoms with van der Waals surface area (Å²) >= 11 is 0. The van der Waals surface area contributed by atoms with Crippen LogP contribution < -0.4 is 5.32 Å². The van der Waals surface area contributed by atoms with E-state index in [9.17, 15) is 9.59 Å². The Kier molecular flexibility index (Phi) is 4.80. The predicted octanol–water partition coefficient (Wildman–Crippen LogP) is 1.56. The van der Waals surface area contributed by atoms with Crippen molar-refractivity contribution in [1.82, 2.24) is 5.32 Å². The molecule has 1 heterocycles. The Morgan fingerprint density at radius 2 is 2.00 bits per heavy atom. The quantitative estimate of drug-likeness (QED) is 0.794. The number of carboxylic acid groups (broad SMARTS) is 1. The standard InChI is InChI=1S/C14H23NO4/c16-12(17)8-14(5-2-1-3-6-14)10-15-13(18)11-4-7-19-9-11/h11H,1-10H2,(H,15,18)(H,16,17). The molecule has 2 N–H and O–H groups in total. The van der Waals surface area contributed by atoms with E-state index in [0.717, 1.165) is 32.1 Å². The fourth-order valence-corrected chi connectivity index (χ4v) is 3.20. The number of nitrogens with one attached hydrogen (secondary N) is 1. The molecular weight excluding hydrogens is 246 g/mol. The molecule has 5 nitrogen and oxygen atoms in total. The molecule has 0 spiro atoms. The molecule has 19 heavy (non-hydrogen) atoms. The van der Waals surface area contributed by atoms with Crippen LogP contribution in [0.1, 0.15) is 44.9 Å². The number of amides is 1. The molecule has 0 aromatic carbocycles. The Balaban J connectivity index is 1.88. The molecule has 1 atom stereocenters. The Morgan fingerprint density at radius 1 is 1.26 bits per heavy atom. The Morgan fingerprint density at radius 3 is 2.58 bits per heavy atom. The second-order valence-electron chi connectivity index (χ2n) is 5.91. The summed E-state index contributed by atoms with van der Waals surface area (Å²) in [4.78, 5) is 23.0. The van der Waals surface area contributed by atoms with Gasteiger partial charge in [-0.3, -0.25) is 9.59 Å². The third-order valence-electron chi connectivity index (χ3n) is 4.38. The van der Waals surface area contributed by atoms with Crippen LogP contribution in [0.5, 0.6) is 0 Å². The highest BCUT2D eigenvalue weighted by molar-refractivity contribution is 5.79. The highest BCUT2D eigenvalue weighted by atomic mass is 16.5. The van der Waals surface area contributed by atoms with E-state index >= 15 is 0 Å². The van der Waals surface area contributed by atoms with Crippen molar-refractivity contribution in [2.24, 2.45) is 11.3 Å². The lowest BCUT2D eigenvalue weighted by Crippen LogP contribution is -2.42. The van der Waals surface area contributed by atoms with Gasteiger partial charge in [0.1, 0.15) is 0 Å². The van der Waals surface area contributed by atoms with Crippen LogP contribution in [0.4, 0.5) is 0 Å². The van der Waals surface area contributed by atoms with Gasteiger partial charge in [-0.25, -0.2) is 0 Å². The van der Waals surface area contributed by atoms with Crippen molar-refractivity contribution in [3.8, 4) is 0 Å². The highest BCUT2D eigenvalue weighted by Gasteiger charge is 2.35. The van der Waals surface area contributed by atoms with Gasteiger partial charge in [-0.1, -0.05) is 19.3 Å². The average molecular weight is 269 g/mol. The molecule has 2 rings (SSSR count). The molecular formula is C14H23NO4. The number of aliphatic carboxylic acids is 1. The van der Waals surface area contributed by atoms with Crippen molar-refractivity contribution in [2.45, 2.75) is 44.9 Å². The summed E-state index contributed by atoms with van der Waals surface area (Å²) in [7, 11) is 0. The predicted molar refractivity (Wildman–Crippen MR) is 69.7 cm³/mol. The van der Waals surface area contributed by atoms with Crippen molar-refractivity contribution in [3.63, 3.8) is 0 Å². The number of ether oxygens (including phenoxy) is 1. The average Bonchev–Trinajstić information content (AvgIpc) is 2.90. The van der Waals surface area contributed by atoms with E-state index in [0.29, 0.717) is 19.8 Å². The molecule has 2 fully saturated rings. The number of hydrogen-bond acceptors (Lipinski definition) is 3. The van der Waals surface area contributed by atoms with Crippen molar-refractivity contribution in [3.05, 3.63) is 0 Å². The lowest BCUT2D eigenvalue weighted by molar-refractivity contribution is -0.141. The van der Waals surface area contributed by atoms with Crippen LogP contribution in [0.2, 0.25) is 0 Å². The van der Waals surface area contributed by atoms with Gasteiger partial charge < -0.3 is 15.2 Å². The summed E-state index contributed by atoms with van der Waals surface area (Å²) in [6.45, 7) is 1.64. The molecule has 2 aliphatic rings. The molecule has 108 valence electrons. The zero-order valence-electron chi connectivity index (χ0n) is 11.3. The molecule has 5 heteroatoms. The van der Waals surface area contributed by atoms with Crippen LogP contribution in [-0.4, -0.2) is 36.7 Å². The summed E-state index contributed by atoms with van der Waals surface area (Å²) in [5, 5.41) is 12.0. The number of carboxylic acids is 1. The van der Waals surface area contributed by atoms with Crippen molar-refractivity contribution in [2.75, 3.05) is 19.8 Å². The van der Waals surface area contributed by atoms with E-state index in [1.165, 1.54) is 6.42 Å². The summed E-state index contributed by atoms with van der Waals surface area (Å²) in [6, 6.07) is 0.